The first-order chi connectivity index (χ1) is 14.3. The van der Waals surface area contributed by atoms with Crippen molar-refractivity contribution in [1.82, 2.24) is 15.1 Å². The zero-order chi connectivity index (χ0) is 21.8. The van der Waals surface area contributed by atoms with Crippen LogP contribution in [0.3, 0.4) is 0 Å². The largest absolute Gasteiger partial charge is 0.467 e. The first-order valence-electron chi connectivity index (χ1n) is 8.80. The van der Waals surface area contributed by atoms with E-state index in [0.29, 0.717) is 10.7 Å². The van der Waals surface area contributed by atoms with Crippen LogP contribution in [0.5, 0.6) is 0 Å². The molecule has 0 aliphatic rings. The van der Waals surface area contributed by atoms with Gasteiger partial charge in [-0.05, 0) is 25.1 Å². The summed E-state index contributed by atoms with van der Waals surface area (Å²) in [5.41, 5.74) is 0.620. The maximum atomic E-state index is 12.9. The number of amides is 1. The first kappa shape index (κ1) is 21.0. The van der Waals surface area contributed by atoms with E-state index in [9.17, 15) is 19.7 Å². The van der Waals surface area contributed by atoms with Crippen LogP contribution in [0.25, 0.3) is 16.9 Å². The average Bonchev–Trinajstić information content (AvgIpc) is 3.18. The Kier molecular flexibility index (Phi) is 6.12. The molecule has 0 unspecified atom stereocenters. The molecule has 3 aromatic rings. The number of nitro benzene ring substituents is 1. The minimum atomic E-state index is -0.926. The quantitative estimate of drug-likeness (QED) is 0.365. The third-order valence-corrected chi connectivity index (χ3v) is 4.67. The van der Waals surface area contributed by atoms with Crippen LogP contribution in [0.15, 0.2) is 54.7 Å². The maximum absolute atomic E-state index is 12.9. The van der Waals surface area contributed by atoms with Crippen LogP contribution in [-0.4, -0.2) is 39.7 Å². The van der Waals surface area contributed by atoms with Crippen LogP contribution in [0.4, 0.5) is 5.69 Å². The van der Waals surface area contributed by atoms with Crippen molar-refractivity contribution >= 4 is 29.2 Å². The van der Waals surface area contributed by atoms with E-state index in [1.54, 1.807) is 30.3 Å². The normalized spacial score (nSPS) is 11.6. The molecular formula is C20H17ClN4O5. The molecule has 0 bridgehead atoms. The number of benzene rings is 2. The number of carbonyl (C=O) groups is 2. The number of halogens is 1. The van der Waals surface area contributed by atoms with E-state index in [4.69, 9.17) is 11.6 Å². The van der Waals surface area contributed by atoms with Crippen LogP contribution in [0, 0.1) is 10.1 Å². The molecule has 0 spiro atoms. The summed E-state index contributed by atoms with van der Waals surface area (Å²) in [6.07, 6.45) is 1.27. The topological polar surface area (TPSA) is 116 Å². The highest BCUT2D eigenvalue weighted by Crippen LogP contribution is 2.35. The molecule has 1 N–H and O–H groups in total. The predicted molar refractivity (Wildman–Crippen MR) is 110 cm³/mol. The molecule has 0 saturated carbocycles. The zero-order valence-electron chi connectivity index (χ0n) is 16.0. The number of nitro groups is 1. The molecule has 30 heavy (non-hydrogen) atoms. The highest BCUT2D eigenvalue weighted by molar-refractivity contribution is 6.32. The van der Waals surface area contributed by atoms with Crippen molar-refractivity contribution in [3.63, 3.8) is 0 Å². The molecule has 0 saturated heterocycles. The average molecular weight is 429 g/mol. The Bertz CT molecular complexity index is 1130. The number of carbonyl (C=O) groups excluding carboxylic acids is 2. The van der Waals surface area contributed by atoms with Gasteiger partial charge in [-0.2, -0.15) is 5.10 Å². The molecule has 1 aromatic heterocycles. The van der Waals surface area contributed by atoms with E-state index in [1.807, 2.05) is 0 Å². The number of ether oxygens (including phenoxy) is 1. The number of nitrogens with zero attached hydrogens (tertiary/aromatic N) is 3. The van der Waals surface area contributed by atoms with Crippen molar-refractivity contribution in [2.75, 3.05) is 7.11 Å². The summed E-state index contributed by atoms with van der Waals surface area (Å²) in [7, 11) is 1.21. The van der Waals surface area contributed by atoms with Crippen molar-refractivity contribution in [3.05, 3.63) is 75.4 Å². The molecule has 3 rings (SSSR count). The van der Waals surface area contributed by atoms with Gasteiger partial charge in [0.05, 0.1) is 45.8 Å². The van der Waals surface area contributed by atoms with Gasteiger partial charge in [0, 0.05) is 6.07 Å². The van der Waals surface area contributed by atoms with Gasteiger partial charge in [-0.3, -0.25) is 14.9 Å². The lowest BCUT2D eigenvalue weighted by molar-refractivity contribution is -0.384. The summed E-state index contributed by atoms with van der Waals surface area (Å²) in [5, 5.41) is 18.7. The SMILES string of the molecule is COC(=O)[C@H](C)NC(=O)c1cnn(-c2ccccc2Cl)c1-c1ccccc1[N+](=O)[O-]. The highest BCUT2D eigenvalue weighted by atomic mass is 35.5. The molecule has 1 atom stereocenters. The minimum Gasteiger partial charge on any atom is -0.467 e. The van der Waals surface area contributed by atoms with E-state index in [2.05, 4.69) is 15.2 Å². The molecule has 9 nitrogen and oxygen atoms in total. The van der Waals surface area contributed by atoms with Gasteiger partial charge in [0.15, 0.2) is 0 Å². The maximum Gasteiger partial charge on any atom is 0.328 e. The van der Waals surface area contributed by atoms with Crippen LogP contribution >= 0.6 is 11.6 Å². The van der Waals surface area contributed by atoms with Crippen molar-refractivity contribution < 1.29 is 19.2 Å². The summed E-state index contributed by atoms with van der Waals surface area (Å²) in [6, 6.07) is 11.8. The lowest BCUT2D eigenvalue weighted by Gasteiger charge is -2.14. The second kappa shape index (κ2) is 8.75. The molecule has 154 valence electrons. The van der Waals surface area contributed by atoms with E-state index in [-0.39, 0.29) is 22.5 Å². The third kappa shape index (κ3) is 4.01. The monoisotopic (exact) mass is 428 g/mol. The minimum absolute atomic E-state index is 0.0416. The Morgan fingerprint density at radius 2 is 1.87 bits per heavy atom. The van der Waals surface area contributed by atoms with E-state index in [0.717, 1.165) is 0 Å². The first-order valence-corrected chi connectivity index (χ1v) is 9.18. The number of aromatic nitrogens is 2. The molecule has 2 aromatic carbocycles. The number of nitrogens with one attached hydrogen (secondary N) is 1. The summed E-state index contributed by atoms with van der Waals surface area (Å²) < 4.78 is 5.99. The van der Waals surface area contributed by atoms with Gasteiger partial charge in [-0.1, -0.05) is 35.9 Å². The van der Waals surface area contributed by atoms with Crippen molar-refractivity contribution in [2.45, 2.75) is 13.0 Å². The predicted octanol–water partition coefficient (Wildman–Crippen LogP) is 3.39. The van der Waals surface area contributed by atoms with E-state index >= 15 is 0 Å². The van der Waals surface area contributed by atoms with Crippen molar-refractivity contribution in [1.29, 1.82) is 0 Å². The van der Waals surface area contributed by atoms with Gasteiger partial charge in [-0.25, -0.2) is 9.48 Å². The summed E-state index contributed by atoms with van der Waals surface area (Å²) in [6.45, 7) is 1.47. The van der Waals surface area contributed by atoms with Gasteiger partial charge in [0.25, 0.3) is 11.6 Å². The van der Waals surface area contributed by atoms with Crippen molar-refractivity contribution in [2.24, 2.45) is 0 Å². The van der Waals surface area contributed by atoms with Gasteiger partial charge in [0.1, 0.15) is 6.04 Å². The fourth-order valence-corrected chi connectivity index (χ4v) is 3.14. The fourth-order valence-electron chi connectivity index (χ4n) is 2.92. The zero-order valence-corrected chi connectivity index (χ0v) is 16.8. The molecule has 0 aliphatic heterocycles. The smallest absolute Gasteiger partial charge is 0.328 e. The molecule has 0 aliphatic carbocycles. The summed E-state index contributed by atoms with van der Waals surface area (Å²) in [5.74, 6) is -1.27. The van der Waals surface area contributed by atoms with Crippen LogP contribution in [-0.2, 0) is 9.53 Å². The second-order valence-corrected chi connectivity index (χ2v) is 6.67. The second-order valence-electron chi connectivity index (χ2n) is 6.26. The summed E-state index contributed by atoms with van der Waals surface area (Å²) in [4.78, 5) is 35.7. The number of methoxy groups -OCH3 is 1. The Hall–Kier alpha value is -3.72. The van der Waals surface area contributed by atoms with Crippen LogP contribution in [0.1, 0.15) is 17.3 Å². The number of hydrogen-bond donors (Lipinski definition) is 1. The lowest BCUT2D eigenvalue weighted by Crippen LogP contribution is -2.39. The van der Waals surface area contributed by atoms with Gasteiger partial charge in [-0.15, -0.1) is 0 Å². The van der Waals surface area contributed by atoms with E-state index in [1.165, 1.54) is 43.1 Å². The van der Waals surface area contributed by atoms with Crippen molar-refractivity contribution in [3.8, 4) is 16.9 Å². The molecule has 1 amide bonds. The summed E-state index contributed by atoms with van der Waals surface area (Å²) >= 11 is 6.30. The number of esters is 1. The van der Waals surface area contributed by atoms with Crippen LogP contribution in [0.2, 0.25) is 5.02 Å². The van der Waals surface area contributed by atoms with Gasteiger partial charge in [0.2, 0.25) is 0 Å². The molecule has 0 radical (unpaired) electrons. The Morgan fingerprint density at radius 3 is 2.53 bits per heavy atom. The third-order valence-electron chi connectivity index (χ3n) is 4.35. The standard InChI is InChI=1S/C20H17ClN4O5/c1-12(20(27)30-2)23-19(26)14-11-22-24(17-10-6-4-8-15(17)21)18(14)13-7-3-5-9-16(13)25(28)29/h3-12H,1-2H3,(H,23,26)/t12-/m0/s1. The van der Waals surface area contributed by atoms with Gasteiger partial charge < -0.3 is 10.1 Å². The molecule has 0 fully saturated rings. The molecule has 10 heteroatoms. The highest BCUT2D eigenvalue weighted by Gasteiger charge is 2.28. The number of rotatable bonds is 6. The Morgan fingerprint density at radius 1 is 1.20 bits per heavy atom. The Labute approximate surface area is 176 Å². The van der Waals surface area contributed by atoms with E-state index < -0.39 is 22.8 Å². The number of para-hydroxylation sites is 2. The lowest BCUT2D eigenvalue weighted by atomic mass is 10.0. The Balaban J connectivity index is 2.21. The molecule has 1 heterocycles. The molecular weight excluding hydrogens is 412 g/mol. The van der Waals surface area contributed by atoms with Gasteiger partial charge >= 0.3 is 5.97 Å². The fraction of sp³-hybridized carbons (Fsp3) is 0.150. The number of hydrogen-bond acceptors (Lipinski definition) is 6. The van der Waals surface area contributed by atoms with Crippen LogP contribution < -0.4 is 5.32 Å².